The van der Waals surface area contributed by atoms with Crippen molar-refractivity contribution in [2.45, 2.75) is 50.5 Å². The molecule has 0 radical (unpaired) electrons. The molecule has 8 heteroatoms. The highest BCUT2D eigenvalue weighted by Gasteiger charge is 2.30. The Hall–Kier alpha value is -2.00. The Kier molecular flexibility index (Phi) is 8.64. The monoisotopic (exact) mass is 468 g/mol. The van der Waals surface area contributed by atoms with E-state index in [0.717, 1.165) is 28.3 Å². The van der Waals surface area contributed by atoms with Gasteiger partial charge in [0, 0.05) is 17.3 Å². The van der Waals surface area contributed by atoms with Crippen LogP contribution in [-0.2, 0) is 20.4 Å². The SMILES string of the molecule is CCOC(/C=C/c1ccc(C(F)(F)F)cc1)CSc1ccc(OCC2OC(C)O2)c(C)c1. The lowest BCUT2D eigenvalue weighted by Crippen LogP contribution is -2.42. The third-order valence-electron chi connectivity index (χ3n) is 4.74. The minimum Gasteiger partial charge on any atom is -0.488 e. The van der Waals surface area contributed by atoms with Crippen molar-refractivity contribution in [1.29, 1.82) is 0 Å². The lowest BCUT2D eigenvalue weighted by atomic mass is 10.1. The molecule has 1 heterocycles. The van der Waals surface area contributed by atoms with Crippen LogP contribution < -0.4 is 4.74 Å². The Morgan fingerprint density at radius 2 is 1.84 bits per heavy atom. The van der Waals surface area contributed by atoms with Gasteiger partial charge in [-0.1, -0.05) is 24.3 Å². The van der Waals surface area contributed by atoms with Crippen molar-refractivity contribution in [3.8, 4) is 5.75 Å². The van der Waals surface area contributed by atoms with E-state index in [9.17, 15) is 13.2 Å². The molecule has 0 bridgehead atoms. The predicted molar refractivity (Wildman–Crippen MR) is 119 cm³/mol. The van der Waals surface area contributed by atoms with Crippen molar-refractivity contribution in [2.24, 2.45) is 0 Å². The van der Waals surface area contributed by atoms with E-state index in [0.29, 0.717) is 24.5 Å². The van der Waals surface area contributed by atoms with Crippen molar-refractivity contribution in [3.63, 3.8) is 0 Å². The second kappa shape index (κ2) is 11.2. The first kappa shape index (κ1) is 24.6. The molecule has 1 fully saturated rings. The first-order valence-corrected chi connectivity index (χ1v) is 11.4. The van der Waals surface area contributed by atoms with Gasteiger partial charge in [-0.2, -0.15) is 13.2 Å². The quantitative estimate of drug-likeness (QED) is 0.381. The molecular formula is C24H27F3O4S. The first-order valence-electron chi connectivity index (χ1n) is 10.4. The van der Waals surface area contributed by atoms with E-state index in [1.165, 1.54) is 12.1 Å². The summed E-state index contributed by atoms with van der Waals surface area (Å²) in [5.41, 5.74) is 1.05. The molecule has 1 aliphatic rings. The summed E-state index contributed by atoms with van der Waals surface area (Å²) in [4.78, 5) is 1.08. The van der Waals surface area contributed by atoms with E-state index in [-0.39, 0.29) is 18.7 Å². The van der Waals surface area contributed by atoms with Crippen molar-refractivity contribution in [2.75, 3.05) is 19.0 Å². The fourth-order valence-corrected chi connectivity index (χ4v) is 4.09. The molecule has 2 aromatic rings. The summed E-state index contributed by atoms with van der Waals surface area (Å²) >= 11 is 1.64. The maximum atomic E-state index is 12.7. The predicted octanol–water partition coefficient (Wildman–Crippen LogP) is 6.32. The summed E-state index contributed by atoms with van der Waals surface area (Å²) in [5, 5.41) is 0. The van der Waals surface area contributed by atoms with Crippen LogP contribution in [0.1, 0.15) is 30.5 Å². The van der Waals surface area contributed by atoms with Gasteiger partial charge in [-0.3, -0.25) is 0 Å². The van der Waals surface area contributed by atoms with Crippen LogP contribution in [0.25, 0.3) is 6.08 Å². The van der Waals surface area contributed by atoms with E-state index in [2.05, 4.69) is 0 Å². The maximum Gasteiger partial charge on any atom is 0.416 e. The van der Waals surface area contributed by atoms with Gasteiger partial charge in [-0.15, -0.1) is 11.8 Å². The van der Waals surface area contributed by atoms with Crippen LogP contribution in [0.2, 0.25) is 0 Å². The molecule has 1 atom stereocenters. The van der Waals surface area contributed by atoms with E-state index >= 15 is 0 Å². The molecule has 4 nitrogen and oxygen atoms in total. The second-order valence-corrected chi connectivity index (χ2v) is 8.38. The molecule has 0 aliphatic carbocycles. The Balaban J connectivity index is 1.53. The number of thioether (sulfide) groups is 1. The minimum atomic E-state index is -4.33. The zero-order valence-electron chi connectivity index (χ0n) is 18.2. The van der Waals surface area contributed by atoms with Crippen LogP contribution in [0, 0.1) is 6.92 Å². The van der Waals surface area contributed by atoms with Crippen molar-refractivity contribution < 1.29 is 32.1 Å². The van der Waals surface area contributed by atoms with Crippen LogP contribution >= 0.6 is 11.8 Å². The lowest BCUT2D eigenvalue weighted by Gasteiger charge is -2.33. The summed E-state index contributed by atoms with van der Waals surface area (Å²) in [6, 6.07) is 11.0. The van der Waals surface area contributed by atoms with Gasteiger partial charge < -0.3 is 18.9 Å². The zero-order chi connectivity index (χ0) is 23.1. The fourth-order valence-electron chi connectivity index (χ4n) is 3.10. The average Bonchev–Trinajstić information content (AvgIpc) is 2.73. The van der Waals surface area contributed by atoms with Gasteiger partial charge in [0.15, 0.2) is 12.6 Å². The van der Waals surface area contributed by atoms with Crippen molar-refractivity contribution in [3.05, 3.63) is 65.2 Å². The second-order valence-electron chi connectivity index (χ2n) is 7.29. The molecule has 1 unspecified atom stereocenters. The van der Waals surface area contributed by atoms with Crippen LogP contribution in [-0.4, -0.2) is 37.7 Å². The average molecular weight is 469 g/mol. The smallest absolute Gasteiger partial charge is 0.416 e. The highest BCUT2D eigenvalue weighted by atomic mass is 32.2. The molecule has 32 heavy (non-hydrogen) atoms. The van der Waals surface area contributed by atoms with E-state index in [1.54, 1.807) is 17.8 Å². The van der Waals surface area contributed by atoms with Crippen molar-refractivity contribution in [1.82, 2.24) is 0 Å². The molecule has 0 saturated carbocycles. The normalized spacial score (nSPS) is 19.7. The van der Waals surface area contributed by atoms with Crippen LogP contribution in [0.3, 0.4) is 0 Å². The molecule has 1 saturated heterocycles. The molecular weight excluding hydrogens is 441 g/mol. The molecule has 0 amide bonds. The Labute approximate surface area is 190 Å². The molecule has 2 aromatic carbocycles. The summed E-state index contributed by atoms with van der Waals surface area (Å²) in [7, 11) is 0. The van der Waals surface area contributed by atoms with Gasteiger partial charge in [-0.05, 0) is 62.2 Å². The molecule has 0 aromatic heterocycles. The minimum absolute atomic E-state index is 0.168. The molecule has 0 spiro atoms. The fraction of sp³-hybridized carbons (Fsp3) is 0.417. The summed E-state index contributed by atoms with van der Waals surface area (Å²) < 4.78 is 60.4. The van der Waals surface area contributed by atoms with Crippen LogP contribution in [0.5, 0.6) is 5.75 Å². The van der Waals surface area contributed by atoms with Crippen molar-refractivity contribution >= 4 is 17.8 Å². The first-order chi connectivity index (χ1) is 15.2. The molecule has 3 rings (SSSR count). The number of rotatable bonds is 10. The van der Waals surface area contributed by atoms with Crippen LogP contribution in [0.15, 0.2) is 53.4 Å². The Morgan fingerprint density at radius 3 is 2.44 bits per heavy atom. The largest absolute Gasteiger partial charge is 0.488 e. The third kappa shape index (κ3) is 7.27. The number of hydrogen-bond acceptors (Lipinski definition) is 5. The molecule has 1 aliphatic heterocycles. The number of halogens is 3. The zero-order valence-corrected chi connectivity index (χ0v) is 19.0. The third-order valence-corrected chi connectivity index (χ3v) is 5.83. The number of benzene rings is 2. The van der Waals surface area contributed by atoms with E-state index in [4.69, 9.17) is 18.9 Å². The number of ether oxygens (including phenoxy) is 4. The topological polar surface area (TPSA) is 36.9 Å². The van der Waals surface area contributed by atoms with Gasteiger partial charge >= 0.3 is 6.18 Å². The van der Waals surface area contributed by atoms with Crippen LogP contribution in [0.4, 0.5) is 13.2 Å². The van der Waals surface area contributed by atoms with Gasteiger partial charge in [0.1, 0.15) is 12.4 Å². The summed E-state index contributed by atoms with van der Waals surface area (Å²) in [5.74, 6) is 1.45. The molecule has 0 N–H and O–H groups in total. The number of hydrogen-bond donors (Lipinski definition) is 0. The van der Waals surface area contributed by atoms with E-state index in [1.807, 2.05) is 45.0 Å². The van der Waals surface area contributed by atoms with E-state index < -0.39 is 11.7 Å². The summed E-state index contributed by atoms with van der Waals surface area (Å²) in [6.07, 6.45) is -1.32. The number of alkyl halides is 3. The Morgan fingerprint density at radius 1 is 1.12 bits per heavy atom. The standard InChI is InChI=1S/C24H27F3O4S/c1-4-28-20(10-7-18-5-8-19(9-6-18)24(25,26)27)15-32-21-11-12-22(16(2)13-21)29-14-23-30-17(3)31-23/h5-13,17,20,23H,4,14-15H2,1-3H3/b10-7+. The maximum absolute atomic E-state index is 12.7. The van der Waals surface area contributed by atoms with Gasteiger partial charge in [0.25, 0.3) is 0 Å². The number of aryl methyl sites for hydroxylation is 1. The highest BCUT2D eigenvalue weighted by molar-refractivity contribution is 7.99. The van der Waals surface area contributed by atoms with Gasteiger partial charge in [-0.25, -0.2) is 0 Å². The lowest BCUT2D eigenvalue weighted by molar-refractivity contribution is -0.380. The highest BCUT2D eigenvalue weighted by Crippen LogP contribution is 2.30. The van der Waals surface area contributed by atoms with Gasteiger partial charge in [0.2, 0.25) is 0 Å². The Bertz CT molecular complexity index is 893. The molecule has 174 valence electrons. The summed E-state index contributed by atoms with van der Waals surface area (Å²) in [6.45, 7) is 6.62. The van der Waals surface area contributed by atoms with Gasteiger partial charge in [0.05, 0.1) is 11.7 Å².